The standard InChI is InChI=1S/C16H21ClN2O2/c1-10-7-8-12(9-13(10)17)18-15(20)16(21)19-14-6-4-3-5-11(14)2/h7-9,11,14H,3-6H2,1-2H3,(H,18,20)(H,19,21)/t11-,14+/m0/s1. The third-order valence-corrected chi connectivity index (χ3v) is 4.47. The highest BCUT2D eigenvalue weighted by molar-refractivity contribution is 6.40. The van der Waals surface area contributed by atoms with Gasteiger partial charge in [0.25, 0.3) is 0 Å². The molecule has 0 unspecified atom stereocenters. The summed E-state index contributed by atoms with van der Waals surface area (Å²) in [5.41, 5.74) is 1.46. The van der Waals surface area contributed by atoms with Gasteiger partial charge in [-0.15, -0.1) is 0 Å². The number of hydrogen-bond acceptors (Lipinski definition) is 2. The highest BCUT2D eigenvalue weighted by Crippen LogP contribution is 2.24. The van der Waals surface area contributed by atoms with Crippen LogP contribution in [0.15, 0.2) is 18.2 Å². The summed E-state index contributed by atoms with van der Waals surface area (Å²) in [5.74, 6) is -0.803. The van der Waals surface area contributed by atoms with E-state index >= 15 is 0 Å². The zero-order chi connectivity index (χ0) is 15.4. The van der Waals surface area contributed by atoms with Gasteiger partial charge in [-0.2, -0.15) is 0 Å². The number of aryl methyl sites for hydroxylation is 1. The van der Waals surface area contributed by atoms with Crippen molar-refractivity contribution < 1.29 is 9.59 Å². The minimum atomic E-state index is -0.646. The molecule has 0 saturated heterocycles. The molecule has 0 aliphatic heterocycles. The van der Waals surface area contributed by atoms with Crippen molar-refractivity contribution in [2.45, 2.75) is 45.6 Å². The SMILES string of the molecule is Cc1ccc(NC(=O)C(=O)N[C@@H]2CCCC[C@@H]2C)cc1Cl. The second-order valence-corrected chi connectivity index (χ2v) is 6.17. The smallest absolute Gasteiger partial charge is 0.313 e. The van der Waals surface area contributed by atoms with Crippen LogP contribution in [0.4, 0.5) is 5.69 Å². The van der Waals surface area contributed by atoms with Crippen LogP contribution in [0.5, 0.6) is 0 Å². The van der Waals surface area contributed by atoms with Crippen molar-refractivity contribution in [1.29, 1.82) is 0 Å². The van der Waals surface area contributed by atoms with Crippen molar-refractivity contribution in [2.24, 2.45) is 5.92 Å². The Morgan fingerprint density at radius 1 is 1.19 bits per heavy atom. The average molecular weight is 309 g/mol. The molecule has 5 heteroatoms. The molecule has 0 aromatic heterocycles. The molecule has 0 radical (unpaired) electrons. The van der Waals surface area contributed by atoms with Crippen LogP contribution >= 0.6 is 11.6 Å². The lowest BCUT2D eigenvalue weighted by Gasteiger charge is -2.29. The molecule has 1 fully saturated rings. The molecule has 21 heavy (non-hydrogen) atoms. The fraction of sp³-hybridized carbons (Fsp3) is 0.500. The van der Waals surface area contributed by atoms with E-state index in [0.29, 0.717) is 16.6 Å². The Bertz CT molecular complexity index is 545. The summed E-state index contributed by atoms with van der Waals surface area (Å²) in [6.07, 6.45) is 4.34. The van der Waals surface area contributed by atoms with E-state index in [1.54, 1.807) is 18.2 Å². The van der Waals surface area contributed by atoms with E-state index in [9.17, 15) is 9.59 Å². The first-order valence-corrected chi connectivity index (χ1v) is 7.73. The molecule has 4 nitrogen and oxygen atoms in total. The number of halogens is 1. The summed E-state index contributed by atoms with van der Waals surface area (Å²) in [6, 6.07) is 5.28. The number of amides is 2. The largest absolute Gasteiger partial charge is 0.345 e. The fourth-order valence-corrected chi connectivity index (χ4v) is 2.80. The summed E-state index contributed by atoms with van der Waals surface area (Å²) in [4.78, 5) is 23.9. The van der Waals surface area contributed by atoms with Crippen molar-refractivity contribution in [1.82, 2.24) is 5.32 Å². The quantitative estimate of drug-likeness (QED) is 0.824. The van der Waals surface area contributed by atoms with Crippen LogP contribution in [0.25, 0.3) is 0 Å². The minimum absolute atomic E-state index is 0.0959. The summed E-state index contributed by atoms with van der Waals surface area (Å²) >= 11 is 6.00. The maximum absolute atomic E-state index is 12.0. The van der Waals surface area contributed by atoms with E-state index in [1.165, 1.54) is 6.42 Å². The molecule has 2 amide bonds. The van der Waals surface area contributed by atoms with Gasteiger partial charge in [0.2, 0.25) is 0 Å². The van der Waals surface area contributed by atoms with E-state index in [-0.39, 0.29) is 6.04 Å². The maximum atomic E-state index is 12.0. The molecule has 1 aliphatic rings. The van der Waals surface area contributed by atoms with Crippen LogP contribution < -0.4 is 10.6 Å². The Labute approximate surface area is 130 Å². The topological polar surface area (TPSA) is 58.2 Å². The fourth-order valence-electron chi connectivity index (χ4n) is 2.62. The van der Waals surface area contributed by atoms with Crippen LogP contribution in [0.1, 0.15) is 38.2 Å². The highest BCUT2D eigenvalue weighted by atomic mass is 35.5. The Morgan fingerprint density at radius 2 is 1.90 bits per heavy atom. The van der Waals surface area contributed by atoms with Gasteiger partial charge in [-0.1, -0.05) is 37.4 Å². The van der Waals surface area contributed by atoms with E-state index in [4.69, 9.17) is 11.6 Å². The molecular formula is C16H21ClN2O2. The molecule has 2 atom stereocenters. The number of benzene rings is 1. The van der Waals surface area contributed by atoms with E-state index in [2.05, 4.69) is 17.6 Å². The van der Waals surface area contributed by atoms with Gasteiger partial charge < -0.3 is 10.6 Å². The predicted octanol–water partition coefficient (Wildman–Crippen LogP) is 3.28. The van der Waals surface area contributed by atoms with Gasteiger partial charge in [-0.05, 0) is 43.4 Å². The van der Waals surface area contributed by atoms with Gasteiger partial charge in [0.05, 0.1) is 0 Å². The first kappa shape index (κ1) is 15.8. The molecule has 114 valence electrons. The maximum Gasteiger partial charge on any atom is 0.313 e. The monoisotopic (exact) mass is 308 g/mol. The number of carbonyl (C=O) groups excluding carboxylic acids is 2. The Balaban J connectivity index is 1.93. The summed E-state index contributed by atoms with van der Waals surface area (Å²) in [7, 11) is 0. The van der Waals surface area contributed by atoms with Gasteiger partial charge in [0.1, 0.15) is 0 Å². The molecular weight excluding hydrogens is 288 g/mol. The minimum Gasteiger partial charge on any atom is -0.345 e. The van der Waals surface area contributed by atoms with Crippen molar-refractivity contribution >= 4 is 29.1 Å². The number of nitrogens with one attached hydrogen (secondary N) is 2. The zero-order valence-corrected chi connectivity index (χ0v) is 13.2. The second kappa shape index (κ2) is 6.94. The number of anilines is 1. The number of carbonyl (C=O) groups is 2. The second-order valence-electron chi connectivity index (χ2n) is 5.76. The van der Waals surface area contributed by atoms with Crippen LogP contribution in [-0.4, -0.2) is 17.9 Å². The molecule has 1 aromatic carbocycles. The van der Waals surface area contributed by atoms with Gasteiger partial charge in [0, 0.05) is 16.8 Å². The van der Waals surface area contributed by atoms with Crippen molar-refractivity contribution in [3.8, 4) is 0 Å². The first-order valence-electron chi connectivity index (χ1n) is 7.35. The molecule has 0 heterocycles. The Kier molecular flexibility index (Phi) is 5.23. The molecule has 2 rings (SSSR count). The van der Waals surface area contributed by atoms with Crippen LogP contribution in [0, 0.1) is 12.8 Å². The van der Waals surface area contributed by atoms with Crippen LogP contribution in [0.3, 0.4) is 0 Å². The summed E-state index contributed by atoms with van der Waals surface area (Å²) < 4.78 is 0. The normalized spacial score (nSPS) is 21.7. The molecule has 1 aliphatic carbocycles. The first-order chi connectivity index (χ1) is 9.97. The molecule has 1 saturated carbocycles. The summed E-state index contributed by atoms with van der Waals surface area (Å²) in [6.45, 7) is 3.99. The predicted molar refractivity (Wildman–Crippen MR) is 84.4 cm³/mol. The van der Waals surface area contributed by atoms with E-state index in [1.807, 2.05) is 6.92 Å². The van der Waals surface area contributed by atoms with E-state index < -0.39 is 11.8 Å². The average Bonchev–Trinajstić information content (AvgIpc) is 2.45. The van der Waals surface area contributed by atoms with Crippen LogP contribution in [0.2, 0.25) is 5.02 Å². The lowest BCUT2D eigenvalue weighted by molar-refractivity contribution is -0.137. The molecule has 0 spiro atoms. The van der Waals surface area contributed by atoms with Crippen molar-refractivity contribution in [3.63, 3.8) is 0 Å². The lowest BCUT2D eigenvalue weighted by atomic mass is 9.86. The third-order valence-electron chi connectivity index (χ3n) is 4.06. The Hall–Kier alpha value is -1.55. The lowest BCUT2D eigenvalue weighted by Crippen LogP contribution is -2.45. The third kappa shape index (κ3) is 4.21. The Morgan fingerprint density at radius 3 is 2.57 bits per heavy atom. The van der Waals surface area contributed by atoms with Crippen molar-refractivity contribution in [3.05, 3.63) is 28.8 Å². The van der Waals surface area contributed by atoms with Gasteiger partial charge in [-0.3, -0.25) is 9.59 Å². The van der Waals surface area contributed by atoms with Gasteiger partial charge >= 0.3 is 11.8 Å². The molecule has 2 N–H and O–H groups in total. The summed E-state index contributed by atoms with van der Waals surface area (Å²) in [5, 5.41) is 5.97. The highest BCUT2D eigenvalue weighted by Gasteiger charge is 2.25. The van der Waals surface area contributed by atoms with Gasteiger partial charge in [0.15, 0.2) is 0 Å². The van der Waals surface area contributed by atoms with E-state index in [0.717, 1.165) is 24.8 Å². The van der Waals surface area contributed by atoms with Crippen molar-refractivity contribution in [2.75, 3.05) is 5.32 Å². The van der Waals surface area contributed by atoms with Crippen LogP contribution in [-0.2, 0) is 9.59 Å². The molecule has 0 bridgehead atoms. The molecule has 1 aromatic rings. The zero-order valence-electron chi connectivity index (χ0n) is 12.4. The number of rotatable bonds is 2. The van der Waals surface area contributed by atoms with Gasteiger partial charge in [-0.25, -0.2) is 0 Å². The number of hydrogen-bond donors (Lipinski definition) is 2.